The lowest BCUT2D eigenvalue weighted by molar-refractivity contribution is -0.139. The molecule has 98 valence electrons. The number of phenolic OH excluding ortho intramolecular Hbond substituents is 1. The highest BCUT2D eigenvalue weighted by Crippen LogP contribution is 2.21. The molecule has 6 heteroatoms. The van der Waals surface area contributed by atoms with Gasteiger partial charge in [0.25, 0.3) is 0 Å². The Bertz CT molecular complexity index is 596. The van der Waals surface area contributed by atoms with Crippen LogP contribution >= 0.6 is 0 Å². The molecule has 0 fully saturated rings. The van der Waals surface area contributed by atoms with Crippen molar-refractivity contribution in [2.45, 2.75) is 6.92 Å². The number of rotatable bonds is 4. The van der Waals surface area contributed by atoms with Crippen LogP contribution in [0.15, 0.2) is 30.3 Å². The highest BCUT2D eigenvalue weighted by Gasteiger charge is 2.07. The van der Waals surface area contributed by atoms with Crippen molar-refractivity contribution in [1.82, 2.24) is 9.97 Å². The van der Waals surface area contributed by atoms with Gasteiger partial charge >= 0.3 is 5.97 Å². The molecule has 6 nitrogen and oxygen atoms in total. The Kier molecular flexibility index (Phi) is 3.61. The molecule has 1 aromatic heterocycles. The molecule has 1 aromatic carbocycles. The van der Waals surface area contributed by atoms with Crippen molar-refractivity contribution in [3.05, 3.63) is 36.0 Å². The van der Waals surface area contributed by atoms with Crippen LogP contribution in [0, 0.1) is 6.92 Å². The summed E-state index contributed by atoms with van der Waals surface area (Å²) < 4.78 is 5.03. The molecule has 0 aliphatic rings. The van der Waals surface area contributed by atoms with Crippen molar-refractivity contribution >= 4 is 5.97 Å². The van der Waals surface area contributed by atoms with Crippen LogP contribution < -0.4 is 4.74 Å². The average Bonchev–Trinajstić information content (AvgIpc) is 2.36. The van der Waals surface area contributed by atoms with E-state index in [9.17, 15) is 9.90 Å². The normalized spacial score (nSPS) is 10.2. The van der Waals surface area contributed by atoms with E-state index in [0.29, 0.717) is 17.1 Å². The zero-order valence-corrected chi connectivity index (χ0v) is 10.2. The molecule has 0 aliphatic carbocycles. The van der Waals surface area contributed by atoms with Gasteiger partial charge in [0.05, 0.1) is 0 Å². The summed E-state index contributed by atoms with van der Waals surface area (Å²) in [5.74, 6) is -0.292. The number of aromatic hydroxyl groups is 1. The third-order valence-electron chi connectivity index (χ3n) is 2.30. The standard InChI is InChI=1S/C13H12N2O4/c1-8-6-11(19-7-12(17)18)15-13(14-8)9-2-4-10(16)5-3-9/h2-6,16H,7H2,1H3,(H,17,18). The molecule has 19 heavy (non-hydrogen) atoms. The van der Waals surface area contributed by atoms with E-state index in [0.717, 1.165) is 0 Å². The van der Waals surface area contributed by atoms with Gasteiger partial charge in [0.15, 0.2) is 12.4 Å². The zero-order chi connectivity index (χ0) is 13.8. The molecule has 2 aromatic rings. The first kappa shape index (κ1) is 12.8. The minimum atomic E-state index is -1.07. The van der Waals surface area contributed by atoms with Crippen LogP contribution in [-0.2, 0) is 4.79 Å². The van der Waals surface area contributed by atoms with Gasteiger partial charge in [-0.25, -0.2) is 9.78 Å². The monoisotopic (exact) mass is 260 g/mol. The molecular formula is C13H12N2O4. The third kappa shape index (κ3) is 3.41. The number of ether oxygens (including phenoxy) is 1. The lowest BCUT2D eigenvalue weighted by atomic mass is 10.2. The number of phenols is 1. The third-order valence-corrected chi connectivity index (χ3v) is 2.30. The number of aromatic nitrogens is 2. The fourth-order valence-electron chi connectivity index (χ4n) is 1.49. The smallest absolute Gasteiger partial charge is 0.341 e. The van der Waals surface area contributed by atoms with Gasteiger partial charge in [-0.1, -0.05) is 0 Å². The highest BCUT2D eigenvalue weighted by molar-refractivity contribution is 5.68. The Labute approximate surface area is 109 Å². The molecule has 0 aliphatic heterocycles. The summed E-state index contributed by atoms with van der Waals surface area (Å²) in [5, 5.41) is 17.8. The van der Waals surface area contributed by atoms with Crippen LogP contribution in [0.25, 0.3) is 11.4 Å². The molecule has 0 saturated heterocycles. The van der Waals surface area contributed by atoms with E-state index in [2.05, 4.69) is 9.97 Å². The number of carbonyl (C=O) groups is 1. The molecular weight excluding hydrogens is 248 g/mol. The summed E-state index contributed by atoms with van der Waals surface area (Å²) in [5.41, 5.74) is 1.38. The highest BCUT2D eigenvalue weighted by atomic mass is 16.5. The molecule has 0 spiro atoms. The summed E-state index contributed by atoms with van der Waals surface area (Å²) in [6.45, 7) is 1.31. The van der Waals surface area contributed by atoms with E-state index in [1.54, 1.807) is 25.1 Å². The van der Waals surface area contributed by atoms with Gasteiger partial charge in [0.2, 0.25) is 5.88 Å². The van der Waals surface area contributed by atoms with Crippen LogP contribution in [0.2, 0.25) is 0 Å². The SMILES string of the molecule is Cc1cc(OCC(=O)O)nc(-c2ccc(O)cc2)n1. The second-order valence-electron chi connectivity index (χ2n) is 3.90. The second kappa shape index (κ2) is 5.34. The number of hydrogen-bond acceptors (Lipinski definition) is 5. The van der Waals surface area contributed by atoms with Gasteiger partial charge in [-0.15, -0.1) is 0 Å². The molecule has 0 unspecified atom stereocenters. The van der Waals surface area contributed by atoms with Crippen LogP contribution in [0.4, 0.5) is 0 Å². The van der Waals surface area contributed by atoms with Crippen molar-refractivity contribution in [1.29, 1.82) is 0 Å². The Morgan fingerprint density at radius 3 is 2.58 bits per heavy atom. The minimum Gasteiger partial charge on any atom is -0.508 e. The summed E-state index contributed by atoms with van der Waals surface area (Å²) in [7, 11) is 0. The molecule has 1 heterocycles. The predicted molar refractivity (Wildman–Crippen MR) is 67.0 cm³/mol. The largest absolute Gasteiger partial charge is 0.508 e. The topological polar surface area (TPSA) is 92.5 Å². The fourth-order valence-corrected chi connectivity index (χ4v) is 1.49. The van der Waals surface area contributed by atoms with Gasteiger partial charge in [-0.3, -0.25) is 0 Å². The Balaban J connectivity index is 2.30. The van der Waals surface area contributed by atoms with E-state index >= 15 is 0 Å². The minimum absolute atomic E-state index is 0.152. The van der Waals surface area contributed by atoms with E-state index in [-0.39, 0.29) is 11.6 Å². The Morgan fingerprint density at radius 2 is 1.95 bits per heavy atom. The molecule has 0 amide bonds. The average molecular weight is 260 g/mol. The van der Waals surface area contributed by atoms with E-state index in [1.807, 2.05) is 0 Å². The lowest BCUT2D eigenvalue weighted by Gasteiger charge is -2.06. The van der Waals surface area contributed by atoms with Crippen molar-refractivity contribution in [2.75, 3.05) is 6.61 Å². The molecule has 0 radical (unpaired) electrons. The van der Waals surface area contributed by atoms with Crippen molar-refractivity contribution in [3.8, 4) is 23.0 Å². The van der Waals surface area contributed by atoms with Gasteiger partial charge < -0.3 is 14.9 Å². The molecule has 2 rings (SSSR count). The molecule has 0 bridgehead atoms. The van der Waals surface area contributed by atoms with E-state index < -0.39 is 12.6 Å². The molecule has 2 N–H and O–H groups in total. The van der Waals surface area contributed by atoms with Crippen molar-refractivity contribution in [2.24, 2.45) is 0 Å². The van der Waals surface area contributed by atoms with E-state index in [1.165, 1.54) is 12.1 Å². The number of hydrogen-bond donors (Lipinski definition) is 2. The lowest BCUT2D eigenvalue weighted by Crippen LogP contribution is -2.11. The number of nitrogens with zero attached hydrogens (tertiary/aromatic N) is 2. The second-order valence-corrected chi connectivity index (χ2v) is 3.90. The maximum Gasteiger partial charge on any atom is 0.341 e. The fraction of sp³-hybridized carbons (Fsp3) is 0.154. The van der Waals surface area contributed by atoms with E-state index in [4.69, 9.17) is 9.84 Å². The number of carboxylic acid groups (broad SMARTS) is 1. The maximum absolute atomic E-state index is 10.5. The number of aliphatic carboxylic acids is 1. The summed E-state index contributed by atoms with van der Waals surface area (Å²) >= 11 is 0. The number of aryl methyl sites for hydroxylation is 1. The van der Waals surface area contributed by atoms with Crippen LogP contribution in [0.5, 0.6) is 11.6 Å². The van der Waals surface area contributed by atoms with Gasteiger partial charge in [-0.2, -0.15) is 4.98 Å². The van der Waals surface area contributed by atoms with Crippen LogP contribution in [0.3, 0.4) is 0 Å². The van der Waals surface area contributed by atoms with Gasteiger partial charge in [0.1, 0.15) is 5.75 Å². The van der Waals surface area contributed by atoms with Crippen molar-refractivity contribution < 1.29 is 19.7 Å². The maximum atomic E-state index is 10.5. The van der Waals surface area contributed by atoms with Gasteiger partial charge in [0, 0.05) is 17.3 Å². The predicted octanol–water partition coefficient (Wildman–Crippen LogP) is 1.62. The Hall–Kier alpha value is -2.63. The van der Waals surface area contributed by atoms with Crippen molar-refractivity contribution in [3.63, 3.8) is 0 Å². The zero-order valence-electron chi connectivity index (χ0n) is 10.2. The van der Waals surface area contributed by atoms with Crippen LogP contribution in [-0.4, -0.2) is 32.8 Å². The molecule has 0 saturated carbocycles. The van der Waals surface area contributed by atoms with Gasteiger partial charge in [-0.05, 0) is 31.2 Å². The first-order chi connectivity index (χ1) is 9.04. The number of benzene rings is 1. The quantitative estimate of drug-likeness (QED) is 0.867. The van der Waals surface area contributed by atoms with Crippen LogP contribution in [0.1, 0.15) is 5.69 Å². The summed E-state index contributed by atoms with van der Waals surface area (Å²) in [4.78, 5) is 18.8. The first-order valence-corrected chi connectivity index (χ1v) is 5.54. The molecule has 0 atom stereocenters. The summed E-state index contributed by atoms with van der Waals surface area (Å²) in [6, 6.07) is 7.96. The Morgan fingerprint density at radius 1 is 1.26 bits per heavy atom. The number of carboxylic acids is 1. The summed E-state index contributed by atoms with van der Waals surface area (Å²) in [6.07, 6.45) is 0. The first-order valence-electron chi connectivity index (χ1n) is 5.54.